The molecule has 4 aromatic rings. The summed E-state index contributed by atoms with van der Waals surface area (Å²) in [7, 11) is -2.37. The molecule has 10 nitrogen and oxygen atoms in total. The second-order valence-electron chi connectivity index (χ2n) is 6.07. The molecule has 3 heterocycles. The zero-order valence-electron chi connectivity index (χ0n) is 14.6. The maximum atomic E-state index is 12.8. The fourth-order valence-electron chi connectivity index (χ4n) is 3.06. The van der Waals surface area contributed by atoms with E-state index in [0.29, 0.717) is 10.3 Å². The fourth-order valence-corrected chi connectivity index (χ4v) is 4.84. The highest BCUT2D eigenvalue weighted by molar-refractivity contribution is 7.91. The van der Waals surface area contributed by atoms with Gasteiger partial charge in [-0.25, -0.2) is 18.5 Å². The number of carbonyl (C=O) groups is 1. The molecular weight excluding hydrogens is 402 g/mol. The van der Waals surface area contributed by atoms with Crippen LogP contribution < -0.4 is 10.5 Å². The van der Waals surface area contributed by atoms with Crippen LogP contribution >= 0.6 is 11.3 Å². The first kappa shape index (κ1) is 18.3. The van der Waals surface area contributed by atoms with Gasteiger partial charge in [0, 0.05) is 30.8 Å². The van der Waals surface area contributed by atoms with E-state index in [1.807, 2.05) is 18.2 Å². The van der Waals surface area contributed by atoms with Crippen LogP contribution in [0.4, 0.5) is 0 Å². The maximum Gasteiger partial charge on any atom is 0.268 e. The maximum absolute atomic E-state index is 12.8. The van der Waals surface area contributed by atoms with Crippen LogP contribution in [0.25, 0.3) is 21.3 Å². The first-order valence-corrected chi connectivity index (χ1v) is 10.4. The van der Waals surface area contributed by atoms with Gasteiger partial charge in [0.1, 0.15) is 5.69 Å². The predicted molar refractivity (Wildman–Crippen MR) is 105 cm³/mol. The van der Waals surface area contributed by atoms with E-state index in [0.717, 1.165) is 34.0 Å². The number of hydrogen-bond donors (Lipinski definition) is 4. The van der Waals surface area contributed by atoms with E-state index < -0.39 is 15.9 Å². The molecule has 0 bridgehead atoms. The molecule has 0 unspecified atom stereocenters. The number of fused-ring (bicyclic) bond motifs is 2. The summed E-state index contributed by atoms with van der Waals surface area (Å²) in [6.07, 6.45) is 2.70. The van der Waals surface area contributed by atoms with Crippen LogP contribution in [0.2, 0.25) is 0 Å². The molecule has 0 radical (unpaired) electrons. The molecule has 12 heteroatoms. The molecule has 0 saturated heterocycles. The number of nitrogens with two attached hydrogens (primary N) is 1. The number of aromatic amines is 1. The zero-order valence-corrected chi connectivity index (χ0v) is 16.2. The number of sulfonamides is 1. The summed E-state index contributed by atoms with van der Waals surface area (Å²) in [6, 6.07) is 5.64. The lowest BCUT2D eigenvalue weighted by Crippen LogP contribution is -2.26. The predicted octanol–water partition coefficient (Wildman–Crippen LogP) is 1.09. The van der Waals surface area contributed by atoms with Crippen LogP contribution in [0, 0.1) is 5.41 Å². The number of benzene rings is 1. The third-order valence-electron chi connectivity index (χ3n) is 4.36. The topological polar surface area (TPSA) is 160 Å². The Bertz CT molecular complexity index is 1350. The third-order valence-corrected chi connectivity index (χ3v) is 6.76. The number of primary sulfonamides is 1. The summed E-state index contributed by atoms with van der Waals surface area (Å²) < 4.78 is 24.7. The van der Waals surface area contributed by atoms with Crippen LogP contribution in [-0.2, 0) is 23.6 Å². The number of aromatic nitrogens is 4. The zero-order chi connectivity index (χ0) is 20.1. The van der Waals surface area contributed by atoms with Crippen molar-refractivity contribution in [2.24, 2.45) is 12.2 Å². The van der Waals surface area contributed by atoms with Crippen molar-refractivity contribution < 1.29 is 13.2 Å². The van der Waals surface area contributed by atoms with Gasteiger partial charge in [-0.15, -0.1) is 0 Å². The molecule has 3 aromatic heterocycles. The number of nitrogens with zero attached hydrogens (tertiary/aromatic N) is 3. The van der Waals surface area contributed by atoms with Gasteiger partial charge in [0.2, 0.25) is 4.34 Å². The largest absolute Gasteiger partial charge is 0.347 e. The van der Waals surface area contributed by atoms with Gasteiger partial charge in [-0.3, -0.25) is 9.89 Å². The number of hydrogen-bond acceptors (Lipinski definition) is 7. The Labute approximate surface area is 162 Å². The van der Waals surface area contributed by atoms with Gasteiger partial charge < -0.3 is 15.3 Å². The van der Waals surface area contributed by atoms with Gasteiger partial charge in [-0.2, -0.15) is 5.10 Å². The van der Waals surface area contributed by atoms with Crippen molar-refractivity contribution in [3.63, 3.8) is 0 Å². The molecule has 1 amide bonds. The van der Waals surface area contributed by atoms with Crippen molar-refractivity contribution in [1.82, 2.24) is 25.1 Å². The number of nitrogens with one attached hydrogen (secondary N) is 3. The molecule has 0 aliphatic rings. The van der Waals surface area contributed by atoms with E-state index in [1.165, 1.54) is 4.57 Å². The van der Waals surface area contributed by atoms with Gasteiger partial charge in [-0.1, -0.05) is 23.5 Å². The molecule has 144 valence electrons. The minimum absolute atomic E-state index is 0.226. The SMILES string of the molecule is Cn1c(C(=O)NCc2cccc3[nH]ncc23)c(C=N)c2sc(S(N)(=O)=O)nc21. The number of amides is 1. The van der Waals surface area contributed by atoms with E-state index in [4.69, 9.17) is 10.5 Å². The summed E-state index contributed by atoms with van der Waals surface area (Å²) >= 11 is 0.837. The average molecular weight is 417 g/mol. The Balaban J connectivity index is 1.69. The quantitative estimate of drug-likeness (QED) is 0.357. The van der Waals surface area contributed by atoms with Gasteiger partial charge in [0.25, 0.3) is 15.9 Å². The molecule has 5 N–H and O–H groups in total. The highest BCUT2D eigenvalue weighted by atomic mass is 32.2. The van der Waals surface area contributed by atoms with Crippen LogP contribution in [0.1, 0.15) is 21.6 Å². The van der Waals surface area contributed by atoms with Crippen LogP contribution in [0.15, 0.2) is 28.7 Å². The molecule has 0 saturated carbocycles. The van der Waals surface area contributed by atoms with Crippen LogP contribution in [0.5, 0.6) is 0 Å². The number of rotatable bonds is 5. The standard InChI is InChI=1S/C16H15N7O3S2/c1-23-12(9(5-17)13-14(23)21-16(27-13)28(18,25)26)15(24)19-6-8-3-2-4-11-10(8)7-20-22-11/h2-5,7,17H,6H2,1H3,(H,19,24)(H,20,22)(H2,18,25,26). The van der Waals surface area contributed by atoms with Gasteiger partial charge in [0.15, 0.2) is 5.65 Å². The molecule has 0 aliphatic heterocycles. The highest BCUT2D eigenvalue weighted by Crippen LogP contribution is 2.31. The van der Waals surface area contributed by atoms with Crippen molar-refractivity contribution in [3.8, 4) is 0 Å². The Morgan fingerprint density at radius 3 is 2.96 bits per heavy atom. The van der Waals surface area contributed by atoms with Crippen LogP contribution in [-0.4, -0.2) is 40.3 Å². The summed E-state index contributed by atoms with van der Waals surface area (Å²) in [5.74, 6) is -0.399. The van der Waals surface area contributed by atoms with Crippen molar-refractivity contribution in [1.29, 1.82) is 5.41 Å². The van der Waals surface area contributed by atoms with Gasteiger partial charge >= 0.3 is 0 Å². The van der Waals surface area contributed by atoms with Crippen LogP contribution in [0.3, 0.4) is 0 Å². The normalized spacial score (nSPS) is 11.9. The lowest BCUT2D eigenvalue weighted by atomic mass is 10.1. The molecule has 0 aliphatic carbocycles. The molecule has 0 fully saturated rings. The first-order chi connectivity index (χ1) is 13.3. The van der Waals surface area contributed by atoms with E-state index in [-0.39, 0.29) is 22.2 Å². The monoisotopic (exact) mass is 417 g/mol. The highest BCUT2D eigenvalue weighted by Gasteiger charge is 2.25. The Morgan fingerprint density at radius 2 is 2.25 bits per heavy atom. The summed E-state index contributed by atoms with van der Waals surface area (Å²) in [6.45, 7) is 0.266. The molecular formula is C16H15N7O3S2. The lowest BCUT2D eigenvalue weighted by molar-refractivity contribution is 0.0943. The number of H-pyrrole nitrogens is 1. The van der Waals surface area contributed by atoms with E-state index in [1.54, 1.807) is 13.2 Å². The second-order valence-corrected chi connectivity index (χ2v) is 8.81. The van der Waals surface area contributed by atoms with E-state index in [2.05, 4.69) is 20.5 Å². The van der Waals surface area contributed by atoms with E-state index >= 15 is 0 Å². The molecule has 1 aromatic carbocycles. The Morgan fingerprint density at radius 1 is 1.46 bits per heavy atom. The summed E-state index contributed by atoms with van der Waals surface area (Å²) in [4.78, 5) is 16.8. The average Bonchev–Trinajstić information content (AvgIpc) is 3.34. The van der Waals surface area contributed by atoms with Crippen molar-refractivity contribution >= 4 is 54.7 Å². The molecule has 4 rings (SSSR count). The first-order valence-electron chi connectivity index (χ1n) is 8.03. The summed E-state index contributed by atoms with van der Waals surface area (Å²) in [5, 5.41) is 23.4. The second kappa shape index (κ2) is 6.51. The minimum atomic E-state index is -3.96. The molecule has 28 heavy (non-hydrogen) atoms. The smallest absolute Gasteiger partial charge is 0.268 e. The molecule has 0 atom stereocenters. The lowest BCUT2D eigenvalue weighted by Gasteiger charge is -2.08. The molecule has 0 spiro atoms. The summed E-state index contributed by atoms with van der Waals surface area (Å²) in [5.41, 5.74) is 2.57. The third kappa shape index (κ3) is 2.87. The fraction of sp³-hybridized carbons (Fsp3) is 0.125. The van der Waals surface area contributed by atoms with E-state index in [9.17, 15) is 13.2 Å². The Kier molecular flexibility index (Phi) is 4.25. The number of thiazole rings is 1. The van der Waals surface area contributed by atoms with Crippen molar-refractivity contribution in [2.75, 3.05) is 0 Å². The minimum Gasteiger partial charge on any atom is -0.347 e. The van der Waals surface area contributed by atoms with Crippen molar-refractivity contribution in [2.45, 2.75) is 10.9 Å². The van der Waals surface area contributed by atoms with Gasteiger partial charge in [0.05, 0.1) is 16.4 Å². The number of carbonyl (C=O) groups excluding carboxylic acids is 1. The Hall–Kier alpha value is -3.09. The van der Waals surface area contributed by atoms with Crippen molar-refractivity contribution in [3.05, 3.63) is 41.2 Å². The number of aryl methyl sites for hydroxylation is 1. The van der Waals surface area contributed by atoms with Gasteiger partial charge in [-0.05, 0) is 11.6 Å².